The van der Waals surface area contributed by atoms with Crippen LogP contribution in [0.1, 0.15) is 38.5 Å². The van der Waals surface area contributed by atoms with Gasteiger partial charge >= 0.3 is 0 Å². The number of piperidine rings is 1. The number of halogens is 1. The molecule has 1 saturated carbocycles. The van der Waals surface area contributed by atoms with Gasteiger partial charge in [-0.2, -0.15) is 0 Å². The number of ketones is 1. The predicted octanol–water partition coefficient (Wildman–Crippen LogP) is 1.93. The van der Waals surface area contributed by atoms with Crippen molar-refractivity contribution in [3.05, 3.63) is 0 Å². The minimum atomic E-state index is -0.666. The molecule has 0 aromatic rings. The fourth-order valence-corrected chi connectivity index (χ4v) is 2.60. The molecular formula is C11H18FNO. The Kier molecular flexibility index (Phi) is 3.16. The molecule has 0 N–H and O–H groups in total. The van der Waals surface area contributed by atoms with E-state index in [1.165, 1.54) is 0 Å². The lowest BCUT2D eigenvalue weighted by Gasteiger charge is -2.37. The number of carbonyl (C=O) groups is 1. The maximum absolute atomic E-state index is 13.2. The molecule has 80 valence electrons. The zero-order valence-corrected chi connectivity index (χ0v) is 8.54. The Bertz CT molecular complexity index is 219. The summed E-state index contributed by atoms with van der Waals surface area (Å²) in [6.07, 6.45) is 4.47. The van der Waals surface area contributed by atoms with Crippen molar-refractivity contribution >= 4 is 5.78 Å². The number of alkyl halides is 1. The van der Waals surface area contributed by atoms with Crippen molar-refractivity contribution < 1.29 is 9.18 Å². The molecule has 1 aliphatic carbocycles. The number of likely N-dealkylation sites (tertiary alicyclic amines) is 1. The number of hydrogen-bond acceptors (Lipinski definition) is 2. The summed E-state index contributed by atoms with van der Waals surface area (Å²) in [6, 6.07) is 0.342. The van der Waals surface area contributed by atoms with Gasteiger partial charge in [0.05, 0.1) is 0 Å². The van der Waals surface area contributed by atoms with Gasteiger partial charge in [0, 0.05) is 25.4 Å². The van der Waals surface area contributed by atoms with Crippen LogP contribution in [0.4, 0.5) is 4.39 Å². The van der Waals surface area contributed by atoms with Gasteiger partial charge in [-0.15, -0.1) is 0 Å². The number of hydrogen-bond donors (Lipinski definition) is 0. The van der Waals surface area contributed by atoms with Crippen molar-refractivity contribution in [3.8, 4) is 0 Å². The van der Waals surface area contributed by atoms with Gasteiger partial charge in [0.25, 0.3) is 0 Å². The average molecular weight is 199 g/mol. The lowest BCUT2D eigenvalue weighted by atomic mass is 9.91. The van der Waals surface area contributed by atoms with Crippen LogP contribution in [-0.2, 0) is 4.79 Å². The molecule has 14 heavy (non-hydrogen) atoms. The summed E-state index contributed by atoms with van der Waals surface area (Å²) in [7, 11) is 0. The molecule has 0 bridgehead atoms. The molecule has 0 aromatic carbocycles. The Labute approximate surface area is 84.5 Å². The molecule has 0 radical (unpaired) electrons. The van der Waals surface area contributed by atoms with E-state index in [4.69, 9.17) is 0 Å². The Morgan fingerprint density at radius 3 is 2.86 bits per heavy atom. The van der Waals surface area contributed by atoms with Gasteiger partial charge in [-0.25, -0.2) is 4.39 Å². The highest BCUT2D eigenvalue weighted by molar-refractivity contribution is 5.79. The fraction of sp³-hybridized carbons (Fsp3) is 0.909. The highest BCUT2D eigenvalue weighted by Gasteiger charge is 2.29. The van der Waals surface area contributed by atoms with Gasteiger partial charge in [0.15, 0.2) is 0 Å². The first-order valence-electron chi connectivity index (χ1n) is 5.65. The second kappa shape index (κ2) is 4.39. The van der Waals surface area contributed by atoms with Crippen molar-refractivity contribution in [2.45, 2.75) is 50.7 Å². The maximum Gasteiger partial charge on any atom is 0.134 e. The summed E-state index contributed by atoms with van der Waals surface area (Å²) in [4.78, 5) is 13.5. The molecule has 1 saturated heterocycles. The van der Waals surface area contributed by atoms with E-state index >= 15 is 0 Å². The molecule has 3 heteroatoms. The predicted molar refractivity (Wildman–Crippen MR) is 53.0 cm³/mol. The third-order valence-electron chi connectivity index (χ3n) is 3.37. The zero-order valence-electron chi connectivity index (χ0n) is 8.54. The van der Waals surface area contributed by atoms with Gasteiger partial charge in [-0.1, -0.05) is 0 Å². The largest absolute Gasteiger partial charge is 0.300 e. The normalized spacial score (nSPS) is 35.9. The molecule has 2 unspecified atom stereocenters. The summed E-state index contributed by atoms with van der Waals surface area (Å²) < 4.78 is 13.2. The van der Waals surface area contributed by atoms with Gasteiger partial charge < -0.3 is 0 Å². The van der Waals surface area contributed by atoms with Crippen molar-refractivity contribution in [2.24, 2.45) is 0 Å². The lowest BCUT2D eigenvalue weighted by molar-refractivity contribution is -0.122. The molecule has 1 heterocycles. The average Bonchev–Trinajstić information content (AvgIpc) is 2.18. The third kappa shape index (κ3) is 2.32. The molecule has 2 rings (SSSR count). The van der Waals surface area contributed by atoms with Crippen LogP contribution in [0.15, 0.2) is 0 Å². The second-order valence-corrected chi connectivity index (χ2v) is 4.52. The standard InChI is InChI=1S/C11H18FNO/c12-9-3-2-6-13(8-9)10-4-1-5-11(14)7-10/h9-10H,1-8H2. The van der Waals surface area contributed by atoms with E-state index in [1.807, 2.05) is 0 Å². The molecular weight excluding hydrogens is 181 g/mol. The Morgan fingerprint density at radius 2 is 2.14 bits per heavy atom. The third-order valence-corrected chi connectivity index (χ3v) is 3.37. The van der Waals surface area contributed by atoms with Crippen LogP contribution >= 0.6 is 0 Å². The smallest absolute Gasteiger partial charge is 0.134 e. The van der Waals surface area contributed by atoms with E-state index in [0.717, 1.165) is 32.2 Å². The number of carbonyl (C=O) groups excluding carboxylic acids is 1. The Hall–Kier alpha value is -0.440. The quantitative estimate of drug-likeness (QED) is 0.643. The van der Waals surface area contributed by atoms with Gasteiger partial charge in [0.2, 0.25) is 0 Å². The SMILES string of the molecule is O=C1CCCC(N2CCCC(F)C2)C1. The topological polar surface area (TPSA) is 20.3 Å². The van der Waals surface area contributed by atoms with E-state index < -0.39 is 6.17 Å². The van der Waals surface area contributed by atoms with Crippen LogP contribution in [0.5, 0.6) is 0 Å². The van der Waals surface area contributed by atoms with Gasteiger partial charge in [-0.3, -0.25) is 9.69 Å². The van der Waals surface area contributed by atoms with E-state index in [9.17, 15) is 9.18 Å². The minimum Gasteiger partial charge on any atom is -0.300 e. The number of nitrogens with zero attached hydrogens (tertiary/aromatic N) is 1. The minimum absolute atomic E-state index is 0.342. The molecule has 1 aliphatic heterocycles. The lowest BCUT2D eigenvalue weighted by Crippen LogP contribution is -2.45. The van der Waals surface area contributed by atoms with E-state index in [0.29, 0.717) is 31.2 Å². The molecule has 2 nitrogen and oxygen atoms in total. The van der Waals surface area contributed by atoms with Crippen LogP contribution in [0.3, 0.4) is 0 Å². The Balaban J connectivity index is 1.89. The fourth-order valence-electron chi connectivity index (χ4n) is 2.60. The molecule has 2 fully saturated rings. The van der Waals surface area contributed by atoms with Crippen molar-refractivity contribution in [1.29, 1.82) is 0 Å². The molecule has 2 aliphatic rings. The van der Waals surface area contributed by atoms with E-state index in [1.54, 1.807) is 0 Å². The maximum atomic E-state index is 13.2. The van der Waals surface area contributed by atoms with Crippen LogP contribution in [0.2, 0.25) is 0 Å². The molecule has 0 amide bonds. The number of Topliss-reactive ketones (excluding diaryl/α,β-unsaturated/α-hetero) is 1. The molecule has 2 atom stereocenters. The van der Waals surface area contributed by atoms with E-state index in [2.05, 4.69) is 4.90 Å². The van der Waals surface area contributed by atoms with Crippen LogP contribution in [-0.4, -0.2) is 36.0 Å². The highest BCUT2D eigenvalue weighted by atomic mass is 19.1. The summed E-state index contributed by atoms with van der Waals surface area (Å²) in [5, 5.41) is 0. The van der Waals surface area contributed by atoms with Gasteiger partial charge in [0.1, 0.15) is 12.0 Å². The van der Waals surface area contributed by atoms with Gasteiger partial charge in [-0.05, 0) is 32.2 Å². The first kappa shape index (κ1) is 10.1. The second-order valence-electron chi connectivity index (χ2n) is 4.52. The summed E-state index contributed by atoms with van der Waals surface area (Å²) in [5.74, 6) is 0.363. The summed E-state index contributed by atoms with van der Waals surface area (Å²) >= 11 is 0. The molecule has 0 spiro atoms. The Morgan fingerprint density at radius 1 is 1.29 bits per heavy atom. The van der Waals surface area contributed by atoms with Crippen molar-refractivity contribution in [3.63, 3.8) is 0 Å². The monoisotopic (exact) mass is 199 g/mol. The van der Waals surface area contributed by atoms with Crippen molar-refractivity contribution in [1.82, 2.24) is 4.90 Å². The first-order valence-corrected chi connectivity index (χ1v) is 5.65. The molecule has 0 aromatic heterocycles. The van der Waals surface area contributed by atoms with E-state index in [-0.39, 0.29) is 0 Å². The summed E-state index contributed by atoms with van der Waals surface area (Å²) in [6.45, 7) is 1.54. The summed E-state index contributed by atoms with van der Waals surface area (Å²) in [5.41, 5.74) is 0. The van der Waals surface area contributed by atoms with Crippen LogP contribution < -0.4 is 0 Å². The van der Waals surface area contributed by atoms with Crippen LogP contribution in [0, 0.1) is 0 Å². The number of rotatable bonds is 1. The first-order chi connectivity index (χ1) is 6.75. The zero-order chi connectivity index (χ0) is 9.97. The van der Waals surface area contributed by atoms with Crippen LogP contribution in [0.25, 0.3) is 0 Å². The highest BCUT2D eigenvalue weighted by Crippen LogP contribution is 2.24. The van der Waals surface area contributed by atoms with Crippen molar-refractivity contribution in [2.75, 3.05) is 13.1 Å².